The van der Waals surface area contributed by atoms with Crippen molar-refractivity contribution in [3.05, 3.63) is 35.4 Å². The van der Waals surface area contributed by atoms with Crippen molar-refractivity contribution in [1.29, 1.82) is 0 Å². The van der Waals surface area contributed by atoms with Crippen LogP contribution >= 0.6 is 0 Å². The van der Waals surface area contributed by atoms with Crippen LogP contribution in [-0.4, -0.2) is 24.3 Å². The largest absolute Gasteiger partial charge is 0.444 e. The molecule has 1 unspecified atom stereocenters. The lowest BCUT2D eigenvalue weighted by Crippen LogP contribution is -2.46. The molecule has 1 aromatic carbocycles. The molecular weight excluding hydrogens is 300 g/mol. The van der Waals surface area contributed by atoms with Gasteiger partial charge in [0, 0.05) is 19.1 Å². The van der Waals surface area contributed by atoms with Gasteiger partial charge in [0.05, 0.1) is 0 Å². The summed E-state index contributed by atoms with van der Waals surface area (Å²) in [6.07, 6.45) is 2.32. The number of alkyl carbamates (subject to hydrolysis) is 1. The molecule has 0 radical (unpaired) electrons. The third kappa shape index (κ3) is 6.52. The summed E-state index contributed by atoms with van der Waals surface area (Å²) in [5.74, 6) is 1.14. The molecule has 0 spiro atoms. The Bertz CT molecular complexity index is 528. The van der Waals surface area contributed by atoms with E-state index in [1.165, 1.54) is 24.0 Å². The Morgan fingerprint density at radius 2 is 1.83 bits per heavy atom. The summed E-state index contributed by atoms with van der Waals surface area (Å²) in [4.78, 5) is 12.0. The lowest BCUT2D eigenvalue weighted by molar-refractivity contribution is 0.0490. The quantitative estimate of drug-likeness (QED) is 0.786. The topological polar surface area (TPSA) is 50.4 Å². The van der Waals surface area contributed by atoms with E-state index in [2.05, 4.69) is 48.7 Å². The van der Waals surface area contributed by atoms with Crippen LogP contribution in [0.3, 0.4) is 0 Å². The number of amides is 1. The second-order valence-electron chi connectivity index (χ2n) is 8.14. The van der Waals surface area contributed by atoms with Gasteiger partial charge >= 0.3 is 6.09 Å². The van der Waals surface area contributed by atoms with Crippen molar-refractivity contribution >= 4 is 6.09 Å². The standard InChI is InChI=1S/C20H32N2O2/c1-14(2)18(22-19(23)24-20(3,4)5)13-21-12-15-6-8-16(9-7-15)17-10-11-17/h6-9,14,17-18,21H,10-13H2,1-5H3,(H,22,23). The van der Waals surface area contributed by atoms with E-state index in [4.69, 9.17) is 4.74 Å². The van der Waals surface area contributed by atoms with E-state index < -0.39 is 5.60 Å². The molecule has 1 aliphatic carbocycles. The van der Waals surface area contributed by atoms with Crippen LogP contribution in [0.15, 0.2) is 24.3 Å². The molecule has 1 aliphatic rings. The summed E-state index contributed by atoms with van der Waals surface area (Å²) in [6.45, 7) is 11.4. The van der Waals surface area contributed by atoms with Crippen LogP contribution < -0.4 is 10.6 Å². The molecule has 0 bridgehead atoms. The molecule has 0 aromatic heterocycles. The van der Waals surface area contributed by atoms with Crippen molar-refractivity contribution in [3.63, 3.8) is 0 Å². The van der Waals surface area contributed by atoms with Crippen molar-refractivity contribution in [1.82, 2.24) is 10.6 Å². The van der Waals surface area contributed by atoms with Crippen molar-refractivity contribution in [2.45, 2.75) is 71.6 Å². The molecule has 1 aromatic rings. The van der Waals surface area contributed by atoms with Crippen molar-refractivity contribution in [2.24, 2.45) is 5.92 Å². The van der Waals surface area contributed by atoms with E-state index in [0.29, 0.717) is 5.92 Å². The normalized spacial score (nSPS) is 16.1. The van der Waals surface area contributed by atoms with Crippen LogP contribution in [0.2, 0.25) is 0 Å². The fourth-order valence-corrected chi connectivity index (χ4v) is 2.61. The van der Waals surface area contributed by atoms with Gasteiger partial charge in [-0.2, -0.15) is 0 Å². The third-order valence-corrected chi connectivity index (χ3v) is 4.23. The molecule has 24 heavy (non-hydrogen) atoms. The monoisotopic (exact) mass is 332 g/mol. The maximum absolute atomic E-state index is 12.0. The lowest BCUT2D eigenvalue weighted by Gasteiger charge is -2.26. The first-order chi connectivity index (χ1) is 11.2. The number of ether oxygens (including phenoxy) is 1. The first-order valence-corrected chi connectivity index (χ1v) is 9.03. The van der Waals surface area contributed by atoms with Crippen LogP contribution in [-0.2, 0) is 11.3 Å². The fourth-order valence-electron chi connectivity index (χ4n) is 2.61. The summed E-state index contributed by atoms with van der Waals surface area (Å²) in [5.41, 5.74) is 2.27. The molecule has 1 atom stereocenters. The van der Waals surface area contributed by atoms with Gasteiger partial charge in [0.25, 0.3) is 0 Å². The highest BCUT2D eigenvalue weighted by Gasteiger charge is 2.23. The molecule has 4 nitrogen and oxygen atoms in total. The van der Waals surface area contributed by atoms with E-state index in [1.807, 2.05) is 20.8 Å². The van der Waals surface area contributed by atoms with Gasteiger partial charge in [-0.1, -0.05) is 38.1 Å². The Morgan fingerprint density at radius 1 is 1.21 bits per heavy atom. The molecule has 2 rings (SSSR count). The van der Waals surface area contributed by atoms with Gasteiger partial charge < -0.3 is 15.4 Å². The summed E-state index contributed by atoms with van der Waals surface area (Å²) in [6, 6.07) is 8.94. The van der Waals surface area contributed by atoms with Gasteiger partial charge in [-0.25, -0.2) is 4.79 Å². The maximum atomic E-state index is 12.0. The van der Waals surface area contributed by atoms with Crippen LogP contribution in [0.1, 0.15) is 64.5 Å². The molecule has 4 heteroatoms. The van der Waals surface area contributed by atoms with Gasteiger partial charge in [0.15, 0.2) is 0 Å². The van der Waals surface area contributed by atoms with E-state index in [0.717, 1.165) is 19.0 Å². The van der Waals surface area contributed by atoms with Crippen molar-refractivity contribution < 1.29 is 9.53 Å². The van der Waals surface area contributed by atoms with Crippen LogP contribution in [0, 0.1) is 5.92 Å². The highest BCUT2D eigenvalue weighted by molar-refractivity contribution is 5.68. The highest BCUT2D eigenvalue weighted by atomic mass is 16.6. The third-order valence-electron chi connectivity index (χ3n) is 4.23. The lowest BCUT2D eigenvalue weighted by atomic mass is 10.0. The van der Waals surface area contributed by atoms with E-state index in [1.54, 1.807) is 0 Å². The second kappa shape index (κ2) is 8.02. The molecular formula is C20H32N2O2. The average Bonchev–Trinajstić information content (AvgIpc) is 3.29. The van der Waals surface area contributed by atoms with Crippen LogP contribution in [0.5, 0.6) is 0 Å². The van der Waals surface area contributed by atoms with E-state index in [-0.39, 0.29) is 12.1 Å². The van der Waals surface area contributed by atoms with Crippen molar-refractivity contribution in [3.8, 4) is 0 Å². The van der Waals surface area contributed by atoms with Crippen LogP contribution in [0.4, 0.5) is 4.79 Å². The zero-order valence-electron chi connectivity index (χ0n) is 15.7. The summed E-state index contributed by atoms with van der Waals surface area (Å²) in [5, 5.41) is 6.41. The average molecular weight is 332 g/mol. The van der Waals surface area contributed by atoms with Gasteiger partial charge in [0.1, 0.15) is 5.60 Å². The first kappa shape index (κ1) is 18.8. The van der Waals surface area contributed by atoms with Gasteiger partial charge in [-0.15, -0.1) is 0 Å². The highest BCUT2D eigenvalue weighted by Crippen LogP contribution is 2.39. The molecule has 0 heterocycles. The van der Waals surface area contributed by atoms with Gasteiger partial charge in [-0.05, 0) is 56.6 Å². The molecule has 1 saturated carbocycles. The first-order valence-electron chi connectivity index (χ1n) is 9.03. The number of nitrogens with one attached hydrogen (secondary N) is 2. The summed E-state index contributed by atoms with van der Waals surface area (Å²) in [7, 11) is 0. The maximum Gasteiger partial charge on any atom is 0.407 e. The minimum Gasteiger partial charge on any atom is -0.444 e. The molecule has 2 N–H and O–H groups in total. The number of hydrogen-bond acceptors (Lipinski definition) is 3. The van der Waals surface area contributed by atoms with Gasteiger partial charge in [0.2, 0.25) is 0 Å². The predicted molar refractivity (Wildman–Crippen MR) is 98.1 cm³/mol. The van der Waals surface area contributed by atoms with Gasteiger partial charge in [-0.3, -0.25) is 0 Å². The number of rotatable bonds is 7. The Kier molecular flexibility index (Phi) is 6.27. The van der Waals surface area contributed by atoms with E-state index >= 15 is 0 Å². The molecule has 1 amide bonds. The number of benzene rings is 1. The predicted octanol–water partition coefficient (Wildman–Crippen LogP) is 4.20. The zero-order valence-corrected chi connectivity index (χ0v) is 15.7. The Hall–Kier alpha value is -1.55. The minimum absolute atomic E-state index is 0.0468. The molecule has 0 saturated heterocycles. The minimum atomic E-state index is -0.470. The fraction of sp³-hybridized carbons (Fsp3) is 0.650. The number of carbonyl (C=O) groups excluding carboxylic acids is 1. The number of carbonyl (C=O) groups is 1. The summed E-state index contributed by atoms with van der Waals surface area (Å²) < 4.78 is 5.35. The van der Waals surface area contributed by atoms with Crippen LogP contribution in [0.25, 0.3) is 0 Å². The summed E-state index contributed by atoms with van der Waals surface area (Å²) >= 11 is 0. The smallest absolute Gasteiger partial charge is 0.407 e. The Balaban J connectivity index is 1.77. The zero-order chi connectivity index (χ0) is 17.7. The number of hydrogen-bond donors (Lipinski definition) is 2. The second-order valence-corrected chi connectivity index (χ2v) is 8.14. The molecule has 134 valence electrons. The SMILES string of the molecule is CC(C)C(CNCc1ccc(C2CC2)cc1)NC(=O)OC(C)(C)C. The molecule has 1 fully saturated rings. The van der Waals surface area contributed by atoms with E-state index in [9.17, 15) is 4.79 Å². The molecule has 0 aliphatic heterocycles. The Labute approximate surface area is 146 Å². The Morgan fingerprint density at radius 3 is 2.33 bits per heavy atom. The van der Waals surface area contributed by atoms with Crippen molar-refractivity contribution in [2.75, 3.05) is 6.54 Å².